The molecule has 4 heterocycles. The second kappa shape index (κ2) is 251. The molecule has 0 spiro atoms. The zero-order chi connectivity index (χ0) is 62.9. The minimum atomic E-state index is 0. The van der Waals surface area contributed by atoms with Gasteiger partial charge >= 0.3 is 0 Å². The van der Waals surface area contributed by atoms with Gasteiger partial charge in [-0.05, 0) is 25.7 Å². The van der Waals surface area contributed by atoms with Crippen LogP contribution in [0.2, 0.25) is 0 Å². The maximum absolute atomic E-state index is 2.29. The number of hydrogen-bond donors (Lipinski definition) is 0. The Kier molecular flexibility index (Phi) is 539. The minimum Gasteiger partial charge on any atom is -2.00 e. The Bertz CT molecular complexity index is 1700. The first-order valence-corrected chi connectivity index (χ1v) is 39.5. The summed E-state index contributed by atoms with van der Waals surface area (Å²) >= 11 is 0. The Morgan fingerprint density at radius 3 is 0.246 bits per heavy atom. The van der Waals surface area contributed by atoms with E-state index in [1.165, 1.54) is 386 Å². The van der Waals surface area contributed by atoms with E-state index in [0.717, 1.165) is 0 Å². The summed E-state index contributed by atoms with van der Waals surface area (Å²) in [5.74, 6) is 0. The molecule has 36 nitrogen and oxygen atoms in total. The first-order valence-electron chi connectivity index (χ1n) is 39.5. The van der Waals surface area contributed by atoms with Gasteiger partial charge in [0.05, 0.1) is 0 Å². The molecule has 0 unspecified atom stereocenters. The number of unbranched alkanes of at least 4 members (excludes halogenated alkanes) is 52. The molecule has 0 aromatic carbocycles. The molecule has 4 rings (SSSR count). The molecule has 0 bridgehead atoms. The van der Waals surface area contributed by atoms with Crippen molar-refractivity contribution in [1.82, 2.24) is 0 Å². The van der Waals surface area contributed by atoms with E-state index in [-0.39, 0.29) is 386 Å². The van der Waals surface area contributed by atoms with Crippen LogP contribution in [0.1, 0.15) is 387 Å². The quantitative estimate of drug-likeness (QED) is 0.0294. The summed E-state index contributed by atoms with van der Waals surface area (Å²) in [5, 5.41) is 0. The molecule has 0 amide bonds. The van der Waals surface area contributed by atoms with Gasteiger partial charge in [0.25, 0.3) is 0 Å². The second-order valence-corrected chi connectivity index (χ2v) is 26.8. The summed E-state index contributed by atoms with van der Waals surface area (Å²) in [5.41, 5.74) is 0. The van der Waals surface area contributed by atoms with E-state index < -0.39 is 0 Å². The summed E-state index contributed by atoms with van der Waals surface area (Å²) in [6, 6.07) is 25.3. The van der Waals surface area contributed by atoms with Gasteiger partial charge in [-0.3, -0.25) is 0 Å². The van der Waals surface area contributed by atoms with Crippen molar-refractivity contribution in [2.24, 2.45) is 0 Å². The van der Waals surface area contributed by atoms with Crippen LogP contribution >= 0.6 is 0 Å². The van der Waals surface area contributed by atoms with Crippen molar-refractivity contribution in [3.05, 3.63) is 122 Å². The van der Waals surface area contributed by atoms with Gasteiger partial charge in [-0.2, -0.15) is 0 Å². The number of rotatable bonds is 60. The fraction of sp³-hybridized carbons (Fsp3) is 0.762. The van der Waals surface area contributed by atoms with Crippen LogP contribution in [-0.2, 0) is 412 Å². The van der Waals surface area contributed by atoms with Crippen LogP contribution in [0.5, 0.6) is 0 Å². The molecule has 0 fully saturated rings. The van der Waals surface area contributed by atoms with Gasteiger partial charge in [-0.15, -0.1) is 0 Å². The number of aromatic nitrogens is 4. The van der Waals surface area contributed by atoms with E-state index in [0.29, 0.717) is 0 Å². The molecule has 0 saturated carbocycles. The zero-order valence-corrected chi connectivity index (χ0v) is 106. The molecule has 4 aromatic rings. The van der Waals surface area contributed by atoms with Crippen LogP contribution in [0.15, 0.2) is 122 Å². The van der Waals surface area contributed by atoms with E-state index in [1.807, 2.05) is 0 Å². The van der Waals surface area contributed by atoms with E-state index in [2.05, 4.69) is 168 Å². The van der Waals surface area contributed by atoms with Crippen LogP contribution < -0.4 is 18.3 Å². The van der Waals surface area contributed by atoms with Crippen molar-refractivity contribution >= 4 is 0 Å². The third-order valence-corrected chi connectivity index (χ3v) is 18.2. The van der Waals surface area contributed by atoms with E-state index in [9.17, 15) is 0 Å². The Balaban J connectivity index is -0.0000000179. The van der Waals surface area contributed by atoms with Crippen LogP contribution in [0.25, 0.3) is 0 Å². The molecule has 4 aromatic heterocycles. The predicted molar refractivity (Wildman–Crippen MR) is 410 cm³/mol. The number of hydrogen-bond acceptors (Lipinski definition) is 0. The topological polar surface area (TPSA) is 928 Å². The van der Waals surface area contributed by atoms with Crippen molar-refractivity contribution in [1.29, 1.82) is 0 Å². The SMILES string of the molecule is CCCCCCCCCCCCCCCC[n+]1ccccc1.CCCCCCCCCCCCCCCC[n+]1ccccc1.CCCCCCCCCCCCCCCC[n+]1ccccc1.CCCCCCCCCCCCCCCC[n+]1ccccc1.[O-2].[O-2].[O-2].[O-2].[O-2].[O-2].[O-2].[O-2].[O-2].[O-2].[O-2].[O-2].[O-2].[O-2].[O-2].[O-2].[O-2].[O-2].[O-2].[O-2].[O-2].[O-2].[O-2].[O-2].[O-2].[O-2].[O-2].[O-2].[O-2].[O-2].[O-2].[O-2].[W].[W].[W].[W].[W].[W].[W].[W].[W].[W]. The molecule has 0 aliphatic rings. The fourth-order valence-electron chi connectivity index (χ4n) is 12.3. The molecular formula is C84H152N4O32W10-60. The summed E-state index contributed by atoms with van der Waals surface area (Å²) in [6.07, 6.45) is 97.7. The van der Waals surface area contributed by atoms with Gasteiger partial charge in [-0.1, -0.05) is 360 Å². The summed E-state index contributed by atoms with van der Waals surface area (Å²) in [7, 11) is 0. The third kappa shape index (κ3) is 225. The standard InChI is InChI=1S/4C21H38N.32O.10W/c4*1-2-3-4-5-6-7-8-9-10-11-12-13-14-16-19-22-20-17-15-18-21-22;;;;;;;;;;;;;;;;;;;;;;;;;;;;;;;;;;;;;;;;;;/h4*15,17-18,20-21H,2-14,16,19H2,1H3;;;;;;;;;;;;;;;;;;;;;;;;;;;;;;;;;;;;;;;;;;/q4*+1;32*-2;;;;;;;;;;. The molecule has 0 atom stereocenters. The first-order chi connectivity index (χ1) is 43.7. The van der Waals surface area contributed by atoms with Crippen molar-refractivity contribution in [2.75, 3.05) is 0 Å². The molecule has 130 heavy (non-hydrogen) atoms. The van der Waals surface area contributed by atoms with Crippen molar-refractivity contribution < 1.29 is 404 Å². The zero-order valence-electron chi connectivity index (χ0n) is 76.9. The van der Waals surface area contributed by atoms with Gasteiger partial charge in [0.2, 0.25) is 0 Å². The summed E-state index contributed by atoms with van der Waals surface area (Å²) in [6.45, 7) is 13.9. The van der Waals surface area contributed by atoms with Gasteiger partial charge < -0.3 is 175 Å². The molecule has 0 aliphatic heterocycles. The fourth-order valence-corrected chi connectivity index (χ4v) is 12.3. The maximum atomic E-state index is 2.29. The summed E-state index contributed by atoms with van der Waals surface area (Å²) in [4.78, 5) is 0. The van der Waals surface area contributed by atoms with E-state index in [4.69, 9.17) is 0 Å². The monoisotopic (exact) mass is 3570 g/mol. The van der Waals surface area contributed by atoms with Gasteiger partial charge in [0, 0.05) is 285 Å². The Morgan fingerprint density at radius 2 is 0.169 bits per heavy atom. The number of pyridine rings is 4. The Labute approximate surface area is 930 Å². The van der Waals surface area contributed by atoms with Gasteiger partial charge in [0.15, 0.2) is 49.6 Å². The van der Waals surface area contributed by atoms with E-state index >= 15 is 0 Å². The van der Waals surface area contributed by atoms with Gasteiger partial charge in [-0.25, -0.2) is 18.3 Å². The molecule has 0 saturated heterocycles. The summed E-state index contributed by atoms with van der Waals surface area (Å²) < 4.78 is 9.17. The van der Waals surface area contributed by atoms with Crippen molar-refractivity contribution in [3.8, 4) is 0 Å². The maximum Gasteiger partial charge on any atom is 0.168 e. The molecule has 0 N–H and O–H groups in total. The molecule has 0 aliphatic carbocycles. The van der Waals surface area contributed by atoms with Crippen LogP contribution in [0.3, 0.4) is 0 Å². The van der Waals surface area contributed by atoms with Crippen LogP contribution in [0, 0.1) is 0 Å². The van der Waals surface area contributed by atoms with Crippen molar-refractivity contribution in [2.45, 2.75) is 413 Å². The normalized spacial score (nSPS) is 7.42. The second-order valence-electron chi connectivity index (χ2n) is 26.8. The third-order valence-electron chi connectivity index (χ3n) is 18.2. The number of aryl methyl sites for hydroxylation is 4. The van der Waals surface area contributed by atoms with Crippen LogP contribution in [0.4, 0.5) is 0 Å². The van der Waals surface area contributed by atoms with Gasteiger partial charge in [0.1, 0.15) is 26.2 Å². The molecular weight excluding hydrogens is 3420 g/mol. The average Bonchev–Trinajstić information content (AvgIpc) is 0.988. The van der Waals surface area contributed by atoms with Crippen molar-refractivity contribution in [3.63, 3.8) is 0 Å². The van der Waals surface area contributed by atoms with Crippen LogP contribution in [-0.4, -0.2) is 0 Å². The Hall–Kier alpha value is 2.20. The smallest absolute Gasteiger partial charge is 0.168 e. The molecule has 0 radical (unpaired) electrons. The average molecular weight is 3570 g/mol. The predicted octanol–water partition coefficient (Wildman–Crippen LogP) is 22.0. The molecule has 46 heteroatoms. The minimum absolute atomic E-state index is 0. The first kappa shape index (κ1) is 280. The Morgan fingerprint density at radius 1 is 0.100 bits per heavy atom. The number of nitrogens with zero attached hydrogens (tertiary/aromatic N) is 4. The van der Waals surface area contributed by atoms with E-state index in [1.54, 1.807) is 0 Å². The largest absolute Gasteiger partial charge is 2.00 e. The molecule has 820 valence electrons.